The fourth-order valence-corrected chi connectivity index (χ4v) is 4.91. The van der Waals surface area contributed by atoms with Crippen LogP contribution in [0.2, 0.25) is 5.02 Å². The summed E-state index contributed by atoms with van der Waals surface area (Å²) in [6, 6.07) is 14.9. The number of rotatable bonds is 10. The molecule has 0 bridgehead atoms. The number of carbonyl (C=O) groups is 1. The molecule has 0 unspecified atom stereocenters. The van der Waals surface area contributed by atoms with E-state index in [4.69, 9.17) is 16.3 Å². The molecule has 11 nitrogen and oxygen atoms in total. The number of amides is 2. The Morgan fingerprint density at radius 3 is 2.55 bits per heavy atom. The fourth-order valence-electron chi connectivity index (χ4n) is 3.57. The Kier molecular flexibility index (Phi) is 9.02. The largest absolute Gasteiger partial charge is 0.494 e. The second-order valence-corrected chi connectivity index (χ2v) is 11.7. The van der Waals surface area contributed by atoms with E-state index in [1.807, 2.05) is 6.07 Å². The lowest BCUT2D eigenvalue weighted by Crippen LogP contribution is -2.28. The van der Waals surface area contributed by atoms with Gasteiger partial charge in [-0.1, -0.05) is 29.8 Å². The first-order chi connectivity index (χ1) is 19.2. The standard InChI is InChI=1S/C27H28ClN7O4S/c1-17(2)40(37,38)24-9-5-4-8-22(24)33-25-20(28)16-30-26(35-25)34-21-11-10-19(13-23(21)39-3)32-27(36)31-15-18-7-6-12-29-14-18/h4-14,16-17H,15H2,1-3H3,(H2,31,32,36)(H2,30,33,34,35). The quantitative estimate of drug-likeness (QED) is 0.190. The molecule has 13 heteroatoms. The monoisotopic (exact) mass is 581 g/mol. The minimum atomic E-state index is -3.56. The number of nitrogens with one attached hydrogen (secondary N) is 4. The number of halogens is 1. The van der Waals surface area contributed by atoms with E-state index in [1.54, 1.807) is 68.7 Å². The third kappa shape index (κ3) is 6.96. The van der Waals surface area contributed by atoms with Crippen molar-refractivity contribution in [3.63, 3.8) is 0 Å². The molecule has 0 spiro atoms. The summed E-state index contributed by atoms with van der Waals surface area (Å²) in [4.78, 5) is 25.1. The summed E-state index contributed by atoms with van der Waals surface area (Å²) in [5.74, 6) is 0.823. The third-order valence-electron chi connectivity index (χ3n) is 5.69. The molecule has 0 saturated heterocycles. The number of benzene rings is 2. The Morgan fingerprint density at radius 1 is 1.02 bits per heavy atom. The molecule has 0 aliphatic carbocycles. The van der Waals surface area contributed by atoms with Gasteiger partial charge in [-0.15, -0.1) is 0 Å². The zero-order valence-electron chi connectivity index (χ0n) is 22.0. The topological polar surface area (TPSA) is 147 Å². The molecule has 4 aromatic rings. The van der Waals surface area contributed by atoms with E-state index >= 15 is 0 Å². The van der Waals surface area contributed by atoms with Gasteiger partial charge in [0.1, 0.15) is 10.8 Å². The Balaban J connectivity index is 1.49. The summed E-state index contributed by atoms with van der Waals surface area (Å²) in [5, 5.41) is 11.2. The van der Waals surface area contributed by atoms with Crippen molar-refractivity contribution in [3.8, 4) is 5.75 Å². The van der Waals surface area contributed by atoms with Crippen LogP contribution in [0.5, 0.6) is 5.75 Å². The van der Waals surface area contributed by atoms with Gasteiger partial charge < -0.3 is 26.0 Å². The number of pyridine rings is 1. The molecule has 4 N–H and O–H groups in total. The van der Waals surface area contributed by atoms with Crippen LogP contribution in [-0.2, 0) is 16.4 Å². The van der Waals surface area contributed by atoms with Crippen molar-refractivity contribution in [3.05, 3.63) is 83.8 Å². The zero-order chi connectivity index (χ0) is 28.7. The normalized spacial score (nSPS) is 11.1. The van der Waals surface area contributed by atoms with Gasteiger partial charge in [-0.2, -0.15) is 4.98 Å². The highest BCUT2D eigenvalue weighted by Gasteiger charge is 2.23. The molecule has 0 fully saturated rings. The highest BCUT2D eigenvalue weighted by molar-refractivity contribution is 7.92. The summed E-state index contributed by atoms with van der Waals surface area (Å²) in [6.45, 7) is 3.57. The van der Waals surface area contributed by atoms with Crippen LogP contribution in [0.4, 0.5) is 33.6 Å². The highest BCUT2D eigenvalue weighted by Crippen LogP contribution is 2.33. The number of nitrogens with zero attached hydrogens (tertiary/aromatic N) is 3. The molecule has 4 rings (SSSR count). The predicted molar refractivity (Wildman–Crippen MR) is 155 cm³/mol. The van der Waals surface area contributed by atoms with Crippen molar-refractivity contribution in [2.45, 2.75) is 30.5 Å². The van der Waals surface area contributed by atoms with Crippen LogP contribution < -0.4 is 26.0 Å². The molecule has 0 aliphatic heterocycles. The lowest BCUT2D eigenvalue weighted by Gasteiger charge is -2.16. The fraction of sp³-hybridized carbons (Fsp3) is 0.185. The first-order valence-electron chi connectivity index (χ1n) is 12.2. The van der Waals surface area contributed by atoms with Crippen molar-refractivity contribution < 1.29 is 17.9 Å². The maximum atomic E-state index is 12.8. The maximum Gasteiger partial charge on any atom is 0.319 e. The van der Waals surface area contributed by atoms with Gasteiger partial charge in [0.25, 0.3) is 0 Å². The van der Waals surface area contributed by atoms with Crippen LogP contribution in [0.25, 0.3) is 0 Å². The smallest absolute Gasteiger partial charge is 0.319 e. The number of urea groups is 1. The predicted octanol–water partition coefficient (Wildman–Crippen LogP) is 5.52. The summed E-state index contributed by atoms with van der Waals surface area (Å²) < 4.78 is 31.2. The van der Waals surface area contributed by atoms with Crippen LogP contribution in [0, 0.1) is 0 Å². The molecular formula is C27H28ClN7O4S. The summed E-state index contributed by atoms with van der Waals surface area (Å²) >= 11 is 6.33. The van der Waals surface area contributed by atoms with Crippen LogP contribution in [-0.4, -0.2) is 41.8 Å². The molecule has 0 saturated carbocycles. The van der Waals surface area contributed by atoms with Gasteiger partial charge in [0.05, 0.1) is 34.8 Å². The summed E-state index contributed by atoms with van der Waals surface area (Å²) in [5.41, 5.74) is 2.25. The summed E-state index contributed by atoms with van der Waals surface area (Å²) in [6.07, 6.45) is 4.74. The summed E-state index contributed by atoms with van der Waals surface area (Å²) in [7, 11) is -2.06. The molecular weight excluding hydrogens is 554 g/mol. The van der Waals surface area contributed by atoms with Crippen molar-refractivity contribution in [2.75, 3.05) is 23.1 Å². The Hall–Kier alpha value is -4.42. The Morgan fingerprint density at radius 2 is 1.82 bits per heavy atom. The van der Waals surface area contributed by atoms with E-state index < -0.39 is 15.1 Å². The molecule has 2 amide bonds. The number of methoxy groups -OCH3 is 1. The average molecular weight is 582 g/mol. The average Bonchev–Trinajstić information content (AvgIpc) is 2.95. The van der Waals surface area contributed by atoms with E-state index in [1.165, 1.54) is 19.4 Å². The minimum absolute atomic E-state index is 0.142. The van der Waals surface area contributed by atoms with Crippen molar-refractivity contribution >= 4 is 56.3 Å². The van der Waals surface area contributed by atoms with Crippen LogP contribution in [0.3, 0.4) is 0 Å². The van der Waals surface area contributed by atoms with Gasteiger partial charge in [0.2, 0.25) is 5.95 Å². The third-order valence-corrected chi connectivity index (χ3v) is 8.18. The van der Waals surface area contributed by atoms with E-state index in [2.05, 4.69) is 36.2 Å². The van der Waals surface area contributed by atoms with Crippen LogP contribution >= 0.6 is 11.6 Å². The van der Waals surface area contributed by atoms with E-state index in [9.17, 15) is 13.2 Å². The Labute approximate surface area is 237 Å². The number of hydrogen-bond acceptors (Lipinski definition) is 9. The molecule has 2 aromatic carbocycles. The SMILES string of the molecule is COc1cc(NC(=O)NCc2cccnc2)ccc1Nc1ncc(Cl)c(Nc2ccccc2S(=O)(=O)C(C)C)n1. The minimum Gasteiger partial charge on any atom is -0.494 e. The molecule has 0 atom stereocenters. The van der Waals surface area contributed by atoms with Gasteiger partial charge >= 0.3 is 6.03 Å². The van der Waals surface area contributed by atoms with E-state index in [-0.39, 0.29) is 27.7 Å². The number of anilines is 5. The molecule has 2 heterocycles. The first-order valence-corrected chi connectivity index (χ1v) is 14.1. The van der Waals surface area contributed by atoms with Crippen LogP contribution in [0.1, 0.15) is 19.4 Å². The molecule has 0 aliphatic rings. The van der Waals surface area contributed by atoms with Gasteiger partial charge in [-0.25, -0.2) is 18.2 Å². The Bertz CT molecular complexity index is 1600. The van der Waals surface area contributed by atoms with Gasteiger partial charge in [-0.05, 0) is 49.7 Å². The lowest BCUT2D eigenvalue weighted by atomic mass is 10.2. The van der Waals surface area contributed by atoms with Crippen molar-refractivity contribution in [1.29, 1.82) is 0 Å². The van der Waals surface area contributed by atoms with Gasteiger partial charge in [0.15, 0.2) is 15.7 Å². The number of aromatic nitrogens is 3. The van der Waals surface area contributed by atoms with E-state index in [0.29, 0.717) is 29.4 Å². The number of ether oxygens (including phenoxy) is 1. The maximum absolute atomic E-state index is 12.8. The van der Waals surface area contributed by atoms with Gasteiger partial charge in [0, 0.05) is 30.7 Å². The molecule has 208 valence electrons. The van der Waals surface area contributed by atoms with Crippen molar-refractivity contribution in [1.82, 2.24) is 20.3 Å². The van der Waals surface area contributed by atoms with E-state index in [0.717, 1.165) is 5.56 Å². The molecule has 2 aromatic heterocycles. The molecule has 0 radical (unpaired) electrons. The van der Waals surface area contributed by atoms with Crippen LogP contribution in [0.15, 0.2) is 78.1 Å². The second-order valence-electron chi connectivity index (χ2n) is 8.81. The second kappa shape index (κ2) is 12.6. The lowest BCUT2D eigenvalue weighted by molar-refractivity contribution is 0.251. The number of hydrogen-bond donors (Lipinski definition) is 4. The molecule has 40 heavy (non-hydrogen) atoms. The zero-order valence-corrected chi connectivity index (χ0v) is 23.5. The van der Waals surface area contributed by atoms with Crippen molar-refractivity contribution in [2.24, 2.45) is 0 Å². The first kappa shape index (κ1) is 28.6. The van der Waals surface area contributed by atoms with Gasteiger partial charge in [-0.3, -0.25) is 4.98 Å². The number of carbonyl (C=O) groups excluding carboxylic acids is 1. The highest BCUT2D eigenvalue weighted by atomic mass is 35.5. The number of para-hydroxylation sites is 1. The number of sulfone groups is 1.